The van der Waals surface area contributed by atoms with Crippen molar-refractivity contribution in [3.63, 3.8) is 0 Å². The molecule has 0 radical (unpaired) electrons. The van der Waals surface area contributed by atoms with Crippen molar-refractivity contribution in [3.05, 3.63) is 17.0 Å². The van der Waals surface area contributed by atoms with E-state index in [1.807, 2.05) is 26.1 Å². The van der Waals surface area contributed by atoms with Crippen LogP contribution in [0, 0.1) is 5.92 Å². The third-order valence-electron chi connectivity index (χ3n) is 2.43. The summed E-state index contributed by atoms with van der Waals surface area (Å²) in [7, 11) is 1.85. The summed E-state index contributed by atoms with van der Waals surface area (Å²) in [4.78, 5) is 12.5. The summed E-state index contributed by atoms with van der Waals surface area (Å²) >= 11 is 1.47. The lowest BCUT2D eigenvalue weighted by Crippen LogP contribution is -2.35. The third kappa shape index (κ3) is 3.23. The molecule has 4 heteroatoms. The molecule has 0 saturated heterocycles. The van der Waals surface area contributed by atoms with Gasteiger partial charge in [-0.1, -0.05) is 13.8 Å². The largest absolute Gasteiger partial charge is 0.380 e. The Bertz CT molecular complexity index is 333. The Morgan fingerprint density at radius 3 is 2.47 bits per heavy atom. The zero-order valence-corrected chi connectivity index (χ0v) is 10.4. The zero-order valence-electron chi connectivity index (χ0n) is 9.63. The van der Waals surface area contributed by atoms with Crippen LogP contribution in [0.3, 0.4) is 0 Å². The molecule has 2 N–H and O–H groups in total. The van der Waals surface area contributed by atoms with Gasteiger partial charge < -0.3 is 10.6 Å². The minimum Gasteiger partial charge on any atom is -0.380 e. The van der Waals surface area contributed by atoms with E-state index < -0.39 is 0 Å². The van der Waals surface area contributed by atoms with E-state index in [2.05, 4.69) is 24.5 Å². The van der Waals surface area contributed by atoms with Crippen molar-refractivity contribution in [1.82, 2.24) is 5.32 Å². The molecule has 15 heavy (non-hydrogen) atoms. The van der Waals surface area contributed by atoms with Crippen LogP contribution in [-0.4, -0.2) is 19.0 Å². The number of amides is 1. The second kappa shape index (κ2) is 5.16. The second-order valence-corrected chi connectivity index (χ2v) is 5.00. The van der Waals surface area contributed by atoms with Gasteiger partial charge in [0.2, 0.25) is 0 Å². The van der Waals surface area contributed by atoms with Gasteiger partial charge in [-0.05, 0) is 25.0 Å². The highest BCUT2D eigenvalue weighted by molar-refractivity contribution is 7.17. The normalized spacial score (nSPS) is 12.6. The first-order chi connectivity index (χ1) is 7.04. The van der Waals surface area contributed by atoms with Crippen LogP contribution in [0.4, 0.5) is 5.00 Å². The Labute approximate surface area is 94.9 Å². The van der Waals surface area contributed by atoms with Gasteiger partial charge in [0.25, 0.3) is 5.91 Å². The monoisotopic (exact) mass is 226 g/mol. The Balaban J connectivity index is 2.61. The SMILES string of the molecule is CNc1ccc(C(=O)NC(C)C(C)C)s1. The lowest BCUT2D eigenvalue weighted by molar-refractivity contribution is 0.0934. The van der Waals surface area contributed by atoms with E-state index in [4.69, 9.17) is 0 Å². The van der Waals surface area contributed by atoms with Crippen LogP contribution in [0.15, 0.2) is 12.1 Å². The number of carbonyl (C=O) groups excluding carboxylic acids is 1. The molecule has 0 aliphatic heterocycles. The summed E-state index contributed by atoms with van der Waals surface area (Å²) in [5.74, 6) is 0.473. The molecule has 1 unspecified atom stereocenters. The van der Waals surface area contributed by atoms with E-state index >= 15 is 0 Å². The van der Waals surface area contributed by atoms with Crippen molar-refractivity contribution >= 4 is 22.2 Å². The van der Waals surface area contributed by atoms with Crippen LogP contribution < -0.4 is 10.6 Å². The highest BCUT2D eigenvalue weighted by Gasteiger charge is 2.13. The van der Waals surface area contributed by atoms with Crippen molar-refractivity contribution in [2.75, 3.05) is 12.4 Å². The molecule has 0 bridgehead atoms. The first-order valence-corrected chi connectivity index (χ1v) is 5.94. The molecular weight excluding hydrogens is 208 g/mol. The van der Waals surface area contributed by atoms with E-state index in [1.165, 1.54) is 11.3 Å². The molecule has 1 heterocycles. The standard InChI is InChI=1S/C11H18N2OS/c1-7(2)8(3)13-11(14)9-5-6-10(12-4)15-9/h5-8,12H,1-4H3,(H,13,14). The van der Waals surface area contributed by atoms with Gasteiger partial charge in [-0.2, -0.15) is 0 Å². The maximum Gasteiger partial charge on any atom is 0.261 e. The van der Waals surface area contributed by atoms with Gasteiger partial charge in [-0.25, -0.2) is 0 Å². The molecule has 1 rings (SSSR count). The minimum atomic E-state index is 0.0164. The van der Waals surface area contributed by atoms with E-state index in [0.717, 1.165) is 9.88 Å². The molecule has 1 aromatic heterocycles. The van der Waals surface area contributed by atoms with E-state index in [1.54, 1.807) is 0 Å². The maximum absolute atomic E-state index is 11.8. The van der Waals surface area contributed by atoms with Crippen molar-refractivity contribution in [2.45, 2.75) is 26.8 Å². The molecule has 0 aromatic carbocycles. The highest BCUT2D eigenvalue weighted by Crippen LogP contribution is 2.21. The number of nitrogens with one attached hydrogen (secondary N) is 2. The fourth-order valence-electron chi connectivity index (χ4n) is 1.04. The molecule has 0 saturated carbocycles. The molecule has 84 valence electrons. The van der Waals surface area contributed by atoms with Crippen LogP contribution >= 0.6 is 11.3 Å². The lowest BCUT2D eigenvalue weighted by Gasteiger charge is -2.16. The Hall–Kier alpha value is -1.03. The molecule has 1 amide bonds. The third-order valence-corrected chi connectivity index (χ3v) is 3.54. The molecule has 1 atom stereocenters. The van der Waals surface area contributed by atoms with Crippen LogP contribution in [0.5, 0.6) is 0 Å². The van der Waals surface area contributed by atoms with Crippen LogP contribution in [0.2, 0.25) is 0 Å². The maximum atomic E-state index is 11.8. The average Bonchev–Trinajstić information content (AvgIpc) is 2.65. The average molecular weight is 226 g/mol. The molecule has 0 spiro atoms. The molecule has 0 aliphatic rings. The van der Waals surface area contributed by atoms with Crippen molar-refractivity contribution in [3.8, 4) is 0 Å². The summed E-state index contributed by atoms with van der Waals surface area (Å²) < 4.78 is 0. The van der Waals surface area contributed by atoms with Gasteiger partial charge in [0.1, 0.15) is 0 Å². The van der Waals surface area contributed by atoms with Gasteiger partial charge in [-0.15, -0.1) is 11.3 Å². The number of rotatable bonds is 4. The smallest absolute Gasteiger partial charge is 0.261 e. The number of thiophene rings is 1. The number of anilines is 1. The summed E-state index contributed by atoms with van der Waals surface area (Å²) in [5, 5.41) is 7.00. The lowest BCUT2D eigenvalue weighted by atomic mass is 10.1. The van der Waals surface area contributed by atoms with Gasteiger partial charge in [0, 0.05) is 13.1 Å². The second-order valence-electron chi connectivity index (χ2n) is 3.92. The number of hydrogen-bond acceptors (Lipinski definition) is 3. The van der Waals surface area contributed by atoms with Gasteiger partial charge in [0.05, 0.1) is 9.88 Å². The quantitative estimate of drug-likeness (QED) is 0.828. The highest BCUT2D eigenvalue weighted by atomic mass is 32.1. The topological polar surface area (TPSA) is 41.1 Å². The molecule has 3 nitrogen and oxygen atoms in total. The van der Waals surface area contributed by atoms with Crippen LogP contribution in [0.1, 0.15) is 30.4 Å². The molecule has 1 aromatic rings. The Kier molecular flexibility index (Phi) is 4.15. The van der Waals surface area contributed by atoms with Crippen molar-refractivity contribution in [1.29, 1.82) is 0 Å². The van der Waals surface area contributed by atoms with Gasteiger partial charge in [0.15, 0.2) is 0 Å². The van der Waals surface area contributed by atoms with Crippen LogP contribution in [-0.2, 0) is 0 Å². The fourth-order valence-corrected chi connectivity index (χ4v) is 1.80. The van der Waals surface area contributed by atoms with E-state index in [0.29, 0.717) is 5.92 Å². The van der Waals surface area contributed by atoms with Crippen molar-refractivity contribution < 1.29 is 4.79 Å². The fraction of sp³-hybridized carbons (Fsp3) is 0.545. The number of hydrogen-bond donors (Lipinski definition) is 2. The minimum absolute atomic E-state index is 0.0164. The summed E-state index contributed by atoms with van der Waals surface area (Å²) in [5.41, 5.74) is 0. The predicted octanol–water partition coefficient (Wildman–Crippen LogP) is 2.56. The zero-order chi connectivity index (χ0) is 11.4. The first-order valence-electron chi connectivity index (χ1n) is 5.13. The Morgan fingerprint density at radius 1 is 1.33 bits per heavy atom. The summed E-state index contributed by atoms with van der Waals surface area (Å²) in [6.45, 7) is 6.21. The molecular formula is C11H18N2OS. The summed E-state index contributed by atoms with van der Waals surface area (Å²) in [6.07, 6.45) is 0. The Morgan fingerprint density at radius 2 is 2.00 bits per heavy atom. The summed E-state index contributed by atoms with van der Waals surface area (Å²) in [6, 6.07) is 3.97. The predicted molar refractivity (Wildman–Crippen MR) is 65.6 cm³/mol. The van der Waals surface area contributed by atoms with Gasteiger partial charge >= 0.3 is 0 Å². The molecule has 0 fully saturated rings. The van der Waals surface area contributed by atoms with Crippen LogP contribution in [0.25, 0.3) is 0 Å². The van der Waals surface area contributed by atoms with Gasteiger partial charge in [-0.3, -0.25) is 4.79 Å². The first kappa shape index (κ1) is 12.0. The number of carbonyl (C=O) groups is 1. The van der Waals surface area contributed by atoms with Crippen molar-refractivity contribution in [2.24, 2.45) is 5.92 Å². The van der Waals surface area contributed by atoms with E-state index in [-0.39, 0.29) is 11.9 Å². The molecule has 0 aliphatic carbocycles. The van der Waals surface area contributed by atoms with E-state index in [9.17, 15) is 4.79 Å².